The first-order valence-corrected chi connectivity index (χ1v) is 5.81. The lowest BCUT2D eigenvalue weighted by Gasteiger charge is -1.99. The fourth-order valence-electron chi connectivity index (χ4n) is 1.89. The van der Waals surface area contributed by atoms with E-state index in [1.54, 1.807) is 13.8 Å². The Kier molecular flexibility index (Phi) is 3.38. The summed E-state index contributed by atoms with van der Waals surface area (Å²) in [5, 5.41) is 0. The number of hydrogen-bond donors (Lipinski definition) is 0. The fourth-order valence-corrected chi connectivity index (χ4v) is 1.89. The fraction of sp³-hybridized carbons (Fsp3) is 0.125. The van der Waals surface area contributed by atoms with Crippen molar-refractivity contribution in [2.75, 3.05) is 0 Å². The van der Waals surface area contributed by atoms with Gasteiger partial charge in [-0.3, -0.25) is 9.59 Å². The Labute approximate surface area is 106 Å². The minimum absolute atomic E-state index is 0.157. The molecule has 0 radical (unpaired) electrons. The molecule has 1 aliphatic rings. The number of allylic oxidation sites excluding steroid dienone is 5. The van der Waals surface area contributed by atoms with Gasteiger partial charge in [0.15, 0.2) is 11.6 Å². The van der Waals surface area contributed by atoms with Gasteiger partial charge in [0.2, 0.25) is 0 Å². The second-order valence-corrected chi connectivity index (χ2v) is 4.32. The Balaban J connectivity index is 2.28. The smallest absolute Gasteiger partial charge is 0.193 e. The van der Waals surface area contributed by atoms with Crippen molar-refractivity contribution in [1.29, 1.82) is 0 Å². The molecule has 0 unspecified atom stereocenters. The average Bonchev–Trinajstić information content (AvgIpc) is 2.62. The maximum atomic E-state index is 11.8. The lowest BCUT2D eigenvalue weighted by atomic mass is 10.0. The zero-order chi connectivity index (χ0) is 13.1. The van der Waals surface area contributed by atoms with Crippen molar-refractivity contribution in [2.24, 2.45) is 0 Å². The Morgan fingerprint density at radius 1 is 1.11 bits per heavy atom. The molecule has 0 bridgehead atoms. The van der Waals surface area contributed by atoms with E-state index in [-0.39, 0.29) is 11.6 Å². The topological polar surface area (TPSA) is 34.1 Å². The van der Waals surface area contributed by atoms with E-state index in [0.29, 0.717) is 16.7 Å². The molecule has 0 atom stereocenters. The van der Waals surface area contributed by atoms with Crippen LogP contribution in [-0.2, 0) is 9.59 Å². The molecule has 0 spiro atoms. The predicted molar refractivity (Wildman–Crippen MR) is 71.9 cm³/mol. The number of carbonyl (C=O) groups is 2. The number of carbonyl (C=O) groups excluding carboxylic acids is 2. The van der Waals surface area contributed by atoms with Gasteiger partial charge in [0.1, 0.15) is 0 Å². The second kappa shape index (κ2) is 4.96. The molecule has 2 rings (SSSR count). The van der Waals surface area contributed by atoms with Crippen LogP contribution in [0.5, 0.6) is 0 Å². The summed E-state index contributed by atoms with van der Waals surface area (Å²) in [5.74, 6) is -0.345. The Morgan fingerprint density at radius 3 is 2.33 bits per heavy atom. The predicted octanol–water partition coefficient (Wildman–Crippen LogP) is 3.11. The van der Waals surface area contributed by atoms with Gasteiger partial charge < -0.3 is 0 Å². The Bertz CT molecular complexity index is 587. The third-order valence-corrected chi connectivity index (χ3v) is 2.90. The molecule has 0 heterocycles. The van der Waals surface area contributed by atoms with Gasteiger partial charge in [0.05, 0.1) is 5.57 Å². The molecule has 18 heavy (non-hydrogen) atoms. The summed E-state index contributed by atoms with van der Waals surface area (Å²) < 4.78 is 0. The zero-order valence-electron chi connectivity index (χ0n) is 10.4. The molecule has 1 aromatic carbocycles. The van der Waals surface area contributed by atoms with E-state index in [1.807, 2.05) is 42.5 Å². The molecular formula is C16H14O2. The molecule has 0 saturated carbocycles. The molecule has 0 N–H and O–H groups in total. The monoisotopic (exact) mass is 238 g/mol. The molecule has 2 nitrogen and oxygen atoms in total. The van der Waals surface area contributed by atoms with Gasteiger partial charge >= 0.3 is 0 Å². The van der Waals surface area contributed by atoms with E-state index in [9.17, 15) is 9.59 Å². The summed E-state index contributed by atoms with van der Waals surface area (Å²) in [6.45, 7) is 3.46. The number of rotatable bonds is 2. The van der Waals surface area contributed by atoms with Crippen molar-refractivity contribution in [3.63, 3.8) is 0 Å². The first kappa shape index (κ1) is 12.2. The highest BCUT2D eigenvalue weighted by Gasteiger charge is 2.26. The van der Waals surface area contributed by atoms with E-state index in [2.05, 4.69) is 0 Å². The van der Waals surface area contributed by atoms with Crippen molar-refractivity contribution in [3.8, 4) is 0 Å². The summed E-state index contributed by atoms with van der Waals surface area (Å²) >= 11 is 0. The SMILES string of the molecule is CC1=CC(=O)/C(=C(C)/C=C/c2ccccc2)C1=O. The molecule has 0 aliphatic heterocycles. The van der Waals surface area contributed by atoms with Gasteiger partial charge in [-0.1, -0.05) is 42.5 Å². The first-order chi connectivity index (χ1) is 8.59. The van der Waals surface area contributed by atoms with E-state index >= 15 is 0 Å². The number of hydrogen-bond acceptors (Lipinski definition) is 2. The largest absolute Gasteiger partial charge is 0.289 e. The molecule has 0 amide bonds. The molecule has 0 fully saturated rings. The summed E-state index contributed by atoms with van der Waals surface area (Å²) in [4.78, 5) is 23.4. The number of Topliss-reactive ketones (excluding diaryl/α,β-unsaturated/α-hetero) is 1. The van der Waals surface area contributed by atoms with Crippen LogP contribution in [0.25, 0.3) is 6.08 Å². The highest BCUT2D eigenvalue weighted by atomic mass is 16.2. The Hall–Kier alpha value is -2.22. The van der Waals surface area contributed by atoms with Crippen molar-refractivity contribution < 1.29 is 9.59 Å². The minimum Gasteiger partial charge on any atom is -0.289 e. The average molecular weight is 238 g/mol. The van der Waals surface area contributed by atoms with Crippen LogP contribution >= 0.6 is 0 Å². The number of benzene rings is 1. The van der Waals surface area contributed by atoms with Gasteiger partial charge in [-0.15, -0.1) is 0 Å². The van der Waals surface area contributed by atoms with Crippen molar-refractivity contribution >= 4 is 17.6 Å². The van der Waals surface area contributed by atoms with Crippen LogP contribution in [-0.4, -0.2) is 11.6 Å². The van der Waals surface area contributed by atoms with E-state index in [0.717, 1.165) is 5.56 Å². The standard InChI is InChI=1S/C16H14O2/c1-11(8-9-13-6-4-3-5-7-13)15-14(17)10-12(2)16(15)18/h3-10H,1-2H3/b9-8+,15-11-. The third kappa shape index (κ3) is 2.38. The minimum atomic E-state index is -0.187. The van der Waals surface area contributed by atoms with Crippen LogP contribution in [0.3, 0.4) is 0 Å². The van der Waals surface area contributed by atoms with Gasteiger partial charge in [0.25, 0.3) is 0 Å². The van der Waals surface area contributed by atoms with Crippen LogP contribution < -0.4 is 0 Å². The van der Waals surface area contributed by atoms with Gasteiger partial charge in [-0.05, 0) is 31.1 Å². The molecule has 1 aliphatic carbocycles. The molecule has 0 saturated heterocycles. The third-order valence-electron chi connectivity index (χ3n) is 2.90. The summed E-state index contributed by atoms with van der Waals surface area (Å²) in [7, 11) is 0. The highest BCUT2D eigenvalue weighted by Crippen LogP contribution is 2.21. The van der Waals surface area contributed by atoms with Crippen LogP contribution in [0.1, 0.15) is 19.4 Å². The second-order valence-electron chi connectivity index (χ2n) is 4.32. The van der Waals surface area contributed by atoms with E-state index in [4.69, 9.17) is 0 Å². The molecule has 2 heteroatoms. The number of ketones is 2. The van der Waals surface area contributed by atoms with E-state index < -0.39 is 0 Å². The van der Waals surface area contributed by atoms with Crippen LogP contribution in [0.2, 0.25) is 0 Å². The maximum absolute atomic E-state index is 11.8. The van der Waals surface area contributed by atoms with E-state index in [1.165, 1.54) is 6.08 Å². The summed E-state index contributed by atoms with van der Waals surface area (Å²) in [6, 6.07) is 9.77. The highest BCUT2D eigenvalue weighted by molar-refractivity contribution is 6.36. The van der Waals surface area contributed by atoms with Gasteiger partial charge in [-0.2, -0.15) is 0 Å². The van der Waals surface area contributed by atoms with Crippen LogP contribution in [0, 0.1) is 0 Å². The molecular weight excluding hydrogens is 224 g/mol. The summed E-state index contributed by atoms with van der Waals surface area (Å²) in [6.07, 6.45) is 5.11. The van der Waals surface area contributed by atoms with Crippen molar-refractivity contribution in [3.05, 3.63) is 64.8 Å². The zero-order valence-corrected chi connectivity index (χ0v) is 10.4. The lowest BCUT2D eigenvalue weighted by molar-refractivity contribution is -0.115. The molecule has 1 aromatic rings. The van der Waals surface area contributed by atoms with Crippen LogP contribution in [0.4, 0.5) is 0 Å². The van der Waals surface area contributed by atoms with Crippen molar-refractivity contribution in [1.82, 2.24) is 0 Å². The van der Waals surface area contributed by atoms with Crippen molar-refractivity contribution in [2.45, 2.75) is 13.8 Å². The summed E-state index contributed by atoms with van der Waals surface area (Å²) in [5.41, 5.74) is 2.56. The van der Waals surface area contributed by atoms with Gasteiger partial charge in [0, 0.05) is 5.57 Å². The molecule has 0 aromatic heterocycles. The van der Waals surface area contributed by atoms with Gasteiger partial charge in [-0.25, -0.2) is 0 Å². The molecule has 90 valence electrons. The van der Waals surface area contributed by atoms with Crippen LogP contribution in [0.15, 0.2) is 59.2 Å². The Morgan fingerprint density at radius 2 is 1.78 bits per heavy atom. The first-order valence-electron chi connectivity index (χ1n) is 5.81. The normalized spacial score (nSPS) is 18.4. The lowest BCUT2D eigenvalue weighted by Crippen LogP contribution is -2.04. The maximum Gasteiger partial charge on any atom is 0.193 e. The quantitative estimate of drug-likeness (QED) is 0.586.